The largest absolute Gasteiger partial charge is 0.488 e. The number of hydrogen-bond donors (Lipinski definition) is 3. The number of sulfonamides is 1. The number of hydrogen-bond acceptors (Lipinski definition) is 6. The van der Waals surface area contributed by atoms with Crippen LogP contribution < -0.4 is 14.8 Å². The number of fused-ring (bicyclic) bond motifs is 1. The fourth-order valence-corrected chi connectivity index (χ4v) is 6.58. The lowest BCUT2D eigenvalue weighted by Crippen LogP contribution is -2.50. The number of nitrogens with zero attached hydrogens (tertiary/aromatic N) is 2. The average molecular weight is 601 g/mol. The van der Waals surface area contributed by atoms with Gasteiger partial charge in [-0.05, 0) is 57.0 Å². The minimum Gasteiger partial charge on any atom is -0.488 e. The van der Waals surface area contributed by atoms with E-state index in [0.29, 0.717) is 23.5 Å². The Balaban J connectivity index is 1.59. The third-order valence-corrected chi connectivity index (χ3v) is 9.63. The molecule has 4 rings (SSSR count). The molecule has 0 spiro atoms. The van der Waals surface area contributed by atoms with Crippen LogP contribution in [0.2, 0.25) is 0 Å². The molecule has 2 aliphatic rings. The van der Waals surface area contributed by atoms with Crippen molar-refractivity contribution in [3.8, 4) is 5.75 Å². The molecule has 230 valence electrons. The number of aliphatic hydroxyl groups excluding tert-OH is 1. The van der Waals surface area contributed by atoms with E-state index in [-0.39, 0.29) is 48.4 Å². The van der Waals surface area contributed by atoms with Gasteiger partial charge in [0, 0.05) is 36.8 Å². The quantitative estimate of drug-likeness (QED) is 0.422. The molecule has 2 aromatic carbocycles. The topological polar surface area (TPSA) is 128 Å². The van der Waals surface area contributed by atoms with E-state index in [1.165, 1.54) is 6.42 Å². The van der Waals surface area contributed by atoms with Gasteiger partial charge in [-0.2, -0.15) is 0 Å². The van der Waals surface area contributed by atoms with Crippen LogP contribution in [0.15, 0.2) is 47.4 Å². The second-order valence-electron chi connectivity index (χ2n) is 11.8. The molecule has 3 N–H and O–H groups in total. The summed E-state index contributed by atoms with van der Waals surface area (Å²) in [6, 6.07) is 11.1. The zero-order valence-electron chi connectivity index (χ0n) is 25.0. The van der Waals surface area contributed by atoms with Gasteiger partial charge in [-0.15, -0.1) is 0 Å². The van der Waals surface area contributed by atoms with Gasteiger partial charge in [-0.25, -0.2) is 13.2 Å². The molecule has 0 aromatic heterocycles. The Labute approximate surface area is 249 Å². The minimum absolute atomic E-state index is 0.0305. The lowest BCUT2D eigenvalue weighted by molar-refractivity contribution is -0.134. The molecule has 1 fully saturated rings. The Morgan fingerprint density at radius 2 is 1.83 bits per heavy atom. The van der Waals surface area contributed by atoms with Crippen molar-refractivity contribution < 1.29 is 27.9 Å². The summed E-state index contributed by atoms with van der Waals surface area (Å²) >= 11 is 0. The number of carbonyl (C=O) groups excluding carboxylic acids is 2. The zero-order chi connectivity index (χ0) is 30.4. The molecule has 0 saturated heterocycles. The highest BCUT2D eigenvalue weighted by atomic mass is 32.2. The maximum absolute atomic E-state index is 13.5. The smallest absolute Gasteiger partial charge is 0.317 e. The summed E-state index contributed by atoms with van der Waals surface area (Å²) in [5.41, 5.74) is 1.78. The van der Waals surface area contributed by atoms with Crippen LogP contribution in [0.1, 0.15) is 57.1 Å². The van der Waals surface area contributed by atoms with Gasteiger partial charge in [-0.1, -0.05) is 43.9 Å². The highest BCUT2D eigenvalue weighted by Gasteiger charge is 2.32. The normalized spacial score (nSPS) is 20.8. The van der Waals surface area contributed by atoms with Crippen molar-refractivity contribution in [1.82, 2.24) is 15.1 Å². The van der Waals surface area contributed by atoms with Crippen molar-refractivity contribution in [2.24, 2.45) is 5.92 Å². The van der Waals surface area contributed by atoms with Crippen LogP contribution in [-0.2, 0) is 21.2 Å². The van der Waals surface area contributed by atoms with Crippen LogP contribution in [0.5, 0.6) is 5.75 Å². The predicted molar refractivity (Wildman–Crippen MR) is 162 cm³/mol. The van der Waals surface area contributed by atoms with Crippen molar-refractivity contribution in [3.63, 3.8) is 0 Å². The van der Waals surface area contributed by atoms with E-state index in [0.717, 1.165) is 31.2 Å². The van der Waals surface area contributed by atoms with E-state index in [2.05, 4.69) is 10.0 Å². The van der Waals surface area contributed by atoms with Crippen molar-refractivity contribution in [2.75, 3.05) is 31.5 Å². The molecule has 11 heteroatoms. The minimum atomic E-state index is -3.85. The van der Waals surface area contributed by atoms with Gasteiger partial charge in [0.1, 0.15) is 11.9 Å². The van der Waals surface area contributed by atoms with Gasteiger partial charge in [0.05, 0.1) is 30.5 Å². The van der Waals surface area contributed by atoms with Gasteiger partial charge < -0.3 is 25.0 Å². The Morgan fingerprint density at radius 1 is 1.14 bits per heavy atom. The third-order valence-electron chi connectivity index (χ3n) is 8.23. The SMILES string of the molecule is Cc1ccc(S(=O)(=O)Nc2ccc3c(c2)CC(=O)N([C@@H](C)CO)C[C@H](C)[C@@H](CN(C)C(=O)NC2CCCCC2)O3)cc1. The summed E-state index contributed by atoms with van der Waals surface area (Å²) in [6.07, 6.45) is 4.91. The van der Waals surface area contributed by atoms with E-state index < -0.39 is 22.2 Å². The number of benzene rings is 2. The van der Waals surface area contributed by atoms with Gasteiger partial charge in [0.2, 0.25) is 5.91 Å². The number of aliphatic hydroxyl groups is 1. The Bertz CT molecular complexity index is 1340. The number of urea groups is 1. The molecular weight excluding hydrogens is 556 g/mol. The summed E-state index contributed by atoms with van der Waals surface area (Å²) < 4.78 is 35.2. The van der Waals surface area contributed by atoms with E-state index >= 15 is 0 Å². The third kappa shape index (κ3) is 7.95. The summed E-state index contributed by atoms with van der Waals surface area (Å²) in [6.45, 7) is 6.07. The molecular formula is C31H44N4O6S. The molecule has 3 atom stereocenters. The standard InChI is InChI=1S/C31H44N4O6S/c1-21-10-13-27(14-11-21)42(39,40)33-26-12-15-28-24(16-26)17-30(37)35(23(3)20-36)18-22(2)29(41-28)19-34(4)31(38)32-25-8-6-5-7-9-25/h10-16,22-23,25,29,33,36H,5-9,17-20H2,1-4H3,(H,32,38)/t22-,23-,29+/m0/s1. The molecule has 3 amide bonds. The second kappa shape index (κ2) is 13.8. The average Bonchev–Trinajstić information content (AvgIpc) is 3.00. The second-order valence-corrected chi connectivity index (χ2v) is 13.5. The maximum Gasteiger partial charge on any atom is 0.317 e. The van der Waals surface area contributed by atoms with Crippen LogP contribution in [-0.4, -0.2) is 80.2 Å². The van der Waals surface area contributed by atoms with Crippen LogP contribution in [0.25, 0.3) is 0 Å². The van der Waals surface area contributed by atoms with Crippen LogP contribution in [0.3, 0.4) is 0 Å². The molecule has 0 radical (unpaired) electrons. The molecule has 10 nitrogen and oxygen atoms in total. The van der Waals surface area contributed by atoms with E-state index in [1.807, 2.05) is 13.8 Å². The highest BCUT2D eigenvalue weighted by molar-refractivity contribution is 7.92. The van der Waals surface area contributed by atoms with Crippen molar-refractivity contribution in [3.05, 3.63) is 53.6 Å². The number of ether oxygens (including phenoxy) is 1. The fourth-order valence-electron chi connectivity index (χ4n) is 5.53. The van der Waals surface area contributed by atoms with Crippen LogP contribution in [0.4, 0.5) is 10.5 Å². The molecule has 42 heavy (non-hydrogen) atoms. The first-order valence-corrected chi connectivity index (χ1v) is 16.3. The number of anilines is 1. The first kappa shape index (κ1) is 31.6. The monoisotopic (exact) mass is 600 g/mol. The number of carbonyl (C=O) groups is 2. The molecule has 0 unspecified atom stereocenters. The number of nitrogens with one attached hydrogen (secondary N) is 2. The Morgan fingerprint density at radius 3 is 2.50 bits per heavy atom. The fraction of sp³-hybridized carbons (Fsp3) is 0.548. The summed E-state index contributed by atoms with van der Waals surface area (Å²) in [5, 5.41) is 13.0. The molecule has 1 heterocycles. The summed E-state index contributed by atoms with van der Waals surface area (Å²) in [7, 11) is -2.11. The summed E-state index contributed by atoms with van der Waals surface area (Å²) in [4.78, 5) is 29.9. The maximum atomic E-state index is 13.5. The number of rotatable bonds is 8. The molecule has 1 saturated carbocycles. The zero-order valence-corrected chi connectivity index (χ0v) is 25.8. The van der Waals surface area contributed by atoms with Crippen molar-refractivity contribution >= 4 is 27.6 Å². The predicted octanol–water partition coefficient (Wildman–Crippen LogP) is 3.92. The van der Waals surface area contributed by atoms with Crippen molar-refractivity contribution in [2.45, 2.75) is 82.4 Å². The molecule has 1 aliphatic heterocycles. The Kier molecular flexibility index (Phi) is 10.4. The first-order valence-electron chi connectivity index (χ1n) is 14.8. The van der Waals surface area contributed by atoms with Gasteiger partial charge in [0.15, 0.2) is 0 Å². The molecule has 0 bridgehead atoms. The number of amides is 3. The van der Waals surface area contributed by atoms with Crippen molar-refractivity contribution in [1.29, 1.82) is 0 Å². The Hall–Kier alpha value is -3.31. The first-order chi connectivity index (χ1) is 20.0. The van der Waals surface area contributed by atoms with Gasteiger partial charge >= 0.3 is 6.03 Å². The number of aryl methyl sites for hydroxylation is 1. The van der Waals surface area contributed by atoms with E-state index in [9.17, 15) is 23.1 Å². The lowest BCUT2D eigenvalue weighted by Gasteiger charge is -2.34. The molecule has 2 aromatic rings. The van der Waals surface area contributed by atoms with E-state index in [4.69, 9.17) is 4.74 Å². The summed E-state index contributed by atoms with van der Waals surface area (Å²) in [5.74, 6) is 0.0902. The highest BCUT2D eigenvalue weighted by Crippen LogP contribution is 2.30. The van der Waals surface area contributed by atoms with Gasteiger partial charge in [0.25, 0.3) is 10.0 Å². The molecule has 1 aliphatic carbocycles. The lowest BCUT2D eigenvalue weighted by atomic mass is 9.96. The van der Waals surface area contributed by atoms with E-state index in [1.54, 1.807) is 66.2 Å². The number of likely N-dealkylation sites (N-methyl/N-ethyl adjacent to an activating group) is 1. The van der Waals surface area contributed by atoms with Gasteiger partial charge in [-0.3, -0.25) is 9.52 Å². The van der Waals surface area contributed by atoms with Crippen LogP contribution >= 0.6 is 0 Å². The van der Waals surface area contributed by atoms with Crippen LogP contribution in [0, 0.1) is 12.8 Å².